The fourth-order valence-electron chi connectivity index (χ4n) is 4.41. The molecule has 0 aliphatic carbocycles. The van der Waals surface area contributed by atoms with E-state index in [2.05, 4.69) is 26.2 Å². The molecule has 2 aromatic heterocycles. The molecule has 0 fully saturated rings. The molecular formula is C27H25BrN6O2. The third-order valence-electron chi connectivity index (χ3n) is 6.24. The fraction of sp³-hybridized carbons (Fsp3) is 0.185. The number of amides is 1. The first-order chi connectivity index (χ1) is 17.4. The van der Waals surface area contributed by atoms with Gasteiger partial charge in [-0.3, -0.25) is 24.0 Å². The number of aromatic nitrogens is 3. The molecule has 4 aromatic rings. The van der Waals surface area contributed by atoms with Crippen LogP contribution in [-0.4, -0.2) is 33.0 Å². The van der Waals surface area contributed by atoms with Crippen molar-refractivity contribution in [1.29, 1.82) is 0 Å². The molecule has 182 valence electrons. The lowest BCUT2D eigenvalue weighted by atomic mass is 10.1. The summed E-state index contributed by atoms with van der Waals surface area (Å²) >= 11 is 3.48. The molecule has 3 N–H and O–H groups in total. The predicted octanol–water partition coefficient (Wildman–Crippen LogP) is 3.75. The summed E-state index contributed by atoms with van der Waals surface area (Å²) in [6.07, 6.45) is 3.96. The molecule has 0 saturated carbocycles. The van der Waals surface area contributed by atoms with E-state index in [9.17, 15) is 9.59 Å². The number of pyridine rings is 1. The van der Waals surface area contributed by atoms with Gasteiger partial charge < -0.3 is 11.1 Å². The number of nitrogens with two attached hydrogens (primary N) is 1. The van der Waals surface area contributed by atoms with Gasteiger partial charge in [0.25, 0.3) is 11.5 Å². The van der Waals surface area contributed by atoms with Crippen LogP contribution in [0.15, 0.2) is 82.3 Å². The van der Waals surface area contributed by atoms with Gasteiger partial charge in [0.05, 0.1) is 12.1 Å². The number of nitrogens with one attached hydrogen (secondary N) is 1. The normalized spacial score (nSPS) is 13.5. The Hall–Kier alpha value is -3.82. The highest BCUT2D eigenvalue weighted by molar-refractivity contribution is 9.10. The summed E-state index contributed by atoms with van der Waals surface area (Å²) in [7, 11) is 1.64. The minimum atomic E-state index is -0.326. The molecule has 1 amide bonds. The zero-order valence-electron chi connectivity index (χ0n) is 19.7. The van der Waals surface area contributed by atoms with Crippen molar-refractivity contribution in [3.05, 3.63) is 105 Å². The Labute approximate surface area is 216 Å². The number of hydrogen-bond donors (Lipinski definition) is 2. The van der Waals surface area contributed by atoms with Gasteiger partial charge >= 0.3 is 0 Å². The van der Waals surface area contributed by atoms with Gasteiger partial charge in [0.2, 0.25) is 5.95 Å². The first kappa shape index (κ1) is 23.9. The van der Waals surface area contributed by atoms with Crippen molar-refractivity contribution < 1.29 is 4.79 Å². The van der Waals surface area contributed by atoms with Crippen LogP contribution < -0.4 is 21.5 Å². The molecule has 1 atom stereocenters. The minimum Gasteiger partial charge on any atom is -0.354 e. The molecule has 8 nitrogen and oxygen atoms in total. The highest BCUT2D eigenvalue weighted by atomic mass is 79.9. The molecule has 1 aliphatic rings. The average molecular weight is 545 g/mol. The highest BCUT2D eigenvalue weighted by Gasteiger charge is 2.34. The van der Waals surface area contributed by atoms with Crippen LogP contribution in [0.25, 0.3) is 11.3 Å². The van der Waals surface area contributed by atoms with E-state index in [-0.39, 0.29) is 29.7 Å². The van der Waals surface area contributed by atoms with Crippen molar-refractivity contribution in [2.75, 3.05) is 16.8 Å². The Morgan fingerprint density at radius 2 is 1.81 bits per heavy atom. The molecule has 0 unspecified atom stereocenters. The Balaban J connectivity index is 1.51. The number of anilines is 2. The molecule has 1 aliphatic heterocycles. The van der Waals surface area contributed by atoms with Crippen LogP contribution in [0.1, 0.15) is 21.5 Å². The Bertz CT molecular complexity index is 1470. The van der Waals surface area contributed by atoms with Crippen LogP contribution in [0.2, 0.25) is 0 Å². The van der Waals surface area contributed by atoms with Gasteiger partial charge in [-0.2, -0.15) is 0 Å². The lowest BCUT2D eigenvalue weighted by Crippen LogP contribution is -2.36. The summed E-state index contributed by atoms with van der Waals surface area (Å²) in [6, 6.07) is 19.0. The van der Waals surface area contributed by atoms with Gasteiger partial charge in [-0.1, -0.05) is 42.5 Å². The first-order valence-electron chi connectivity index (χ1n) is 11.6. The zero-order valence-corrected chi connectivity index (χ0v) is 21.3. The largest absolute Gasteiger partial charge is 0.354 e. The fourth-order valence-corrected chi connectivity index (χ4v) is 4.99. The number of carbonyl (C=O) groups is 1. The third-order valence-corrected chi connectivity index (χ3v) is 6.90. The number of hydrogen-bond acceptors (Lipinski definition) is 6. The summed E-state index contributed by atoms with van der Waals surface area (Å²) in [6.45, 7) is 0.711. The number of halogens is 1. The molecule has 0 saturated heterocycles. The molecule has 5 rings (SSSR count). The van der Waals surface area contributed by atoms with Crippen molar-refractivity contribution in [1.82, 2.24) is 14.5 Å². The van der Waals surface area contributed by atoms with Gasteiger partial charge in [-0.25, -0.2) is 4.98 Å². The molecule has 0 radical (unpaired) electrons. The quantitative estimate of drug-likeness (QED) is 0.367. The van der Waals surface area contributed by atoms with E-state index in [1.54, 1.807) is 31.6 Å². The second-order valence-electron chi connectivity index (χ2n) is 8.73. The Morgan fingerprint density at radius 1 is 1.06 bits per heavy atom. The van der Waals surface area contributed by atoms with E-state index in [1.807, 2.05) is 48.5 Å². The molecular weight excluding hydrogens is 520 g/mol. The maximum Gasteiger partial charge on any atom is 0.279 e. The summed E-state index contributed by atoms with van der Waals surface area (Å²) in [5, 5.41) is 3.24. The van der Waals surface area contributed by atoms with Crippen LogP contribution in [0.5, 0.6) is 0 Å². The van der Waals surface area contributed by atoms with Crippen molar-refractivity contribution in [2.24, 2.45) is 12.8 Å². The van der Waals surface area contributed by atoms with E-state index in [0.29, 0.717) is 40.2 Å². The number of rotatable bonds is 7. The van der Waals surface area contributed by atoms with Crippen LogP contribution in [-0.2, 0) is 20.0 Å². The maximum absolute atomic E-state index is 13.7. The molecule has 0 spiro atoms. The van der Waals surface area contributed by atoms with Crippen LogP contribution in [0.3, 0.4) is 0 Å². The van der Waals surface area contributed by atoms with Crippen molar-refractivity contribution in [3.63, 3.8) is 0 Å². The molecule has 0 bridgehead atoms. The van der Waals surface area contributed by atoms with E-state index in [4.69, 9.17) is 10.7 Å². The monoisotopic (exact) mass is 544 g/mol. The Kier molecular flexibility index (Phi) is 6.67. The highest BCUT2D eigenvalue weighted by Crippen LogP contribution is 2.35. The van der Waals surface area contributed by atoms with E-state index >= 15 is 0 Å². The van der Waals surface area contributed by atoms with Gasteiger partial charge in [0.1, 0.15) is 11.4 Å². The van der Waals surface area contributed by atoms with Crippen LogP contribution in [0, 0.1) is 0 Å². The number of carbonyl (C=O) groups excluding carboxylic acids is 1. The standard InChI is InChI=1S/C27H25BrN6O2/c1-33-26(36)24(34-16-19-8-5-9-21(28)22(19)25(34)35)23(18-10-12-30-13-11-18)32-27(33)31-15-20(29)14-17-6-3-2-4-7-17/h2-13,20H,14-16,29H2,1H3,(H,31,32)/t20-/m0/s1. The smallest absolute Gasteiger partial charge is 0.279 e. The maximum atomic E-state index is 13.7. The van der Waals surface area contributed by atoms with Gasteiger partial charge in [0, 0.05) is 42.1 Å². The summed E-state index contributed by atoms with van der Waals surface area (Å²) in [4.78, 5) is 37.5. The summed E-state index contributed by atoms with van der Waals surface area (Å²) in [5.74, 6) is 0.140. The van der Waals surface area contributed by atoms with Crippen molar-refractivity contribution >= 4 is 33.5 Å². The van der Waals surface area contributed by atoms with Crippen LogP contribution >= 0.6 is 15.9 Å². The molecule has 3 heterocycles. The first-order valence-corrected chi connectivity index (χ1v) is 12.4. The van der Waals surface area contributed by atoms with Gasteiger partial charge in [0.15, 0.2) is 0 Å². The van der Waals surface area contributed by atoms with E-state index in [1.165, 1.54) is 9.47 Å². The summed E-state index contributed by atoms with van der Waals surface area (Å²) in [5.41, 5.74) is 9.93. The average Bonchev–Trinajstić information content (AvgIpc) is 3.23. The van der Waals surface area contributed by atoms with Crippen molar-refractivity contribution in [3.8, 4) is 11.3 Å². The topological polar surface area (TPSA) is 106 Å². The van der Waals surface area contributed by atoms with Crippen molar-refractivity contribution in [2.45, 2.75) is 19.0 Å². The number of fused-ring (bicyclic) bond motifs is 1. The lowest BCUT2D eigenvalue weighted by molar-refractivity contribution is 0.0995. The van der Waals surface area contributed by atoms with Gasteiger partial charge in [-0.15, -0.1) is 0 Å². The van der Waals surface area contributed by atoms with E-state index in [0.717, 1.165) is 11.1 Å². The number of benzene rings is 2. The predicted molar refractivity (Wildman–Crippen MR) is 144 cm³/mol. The second-order valence-corrected chi connectivity index (χ2v) is 9.58. The summed E-state index contributed by atoms with van der Waals surface area (Å²) < 4.78 is 2.13. The zero-order chi connectivity index (χ0) is 25.2. The van der Waals surface area contributed by atoms with E-state index < -0.39 is 0 Å². The molecule has 9 heteroatoms. The SMILES string of the molecule is Cn1c(NC[C@@H](N)Cc2ccccc2)nc(-c2ccncc2)c(N2Cc3cccc(Br)c3C2=O)c1=O. The third kappa shape index (κ3) is 4.55. The molecule has 2 aromatic carbocycles. The lowest BCUT2D eigenvalue weighted by Gasteiger charge is -2.22. The Morgan fingerprint density at radius 3 is 2.53 bits per heavy atom. The van der Waals surface area contributed by atoms with Crippen LogP contribution in [0.4, 0.5) is 11.6 Å². The second kappa shape index (κ2) is 10.0. The molecule has 36 heavy (non-hydrogen) atoms. The van der Waals surface area contributed by atoms with Gasteiger partial charge in [-0.05, 0) is 51.7 Å². The number of nitrogens with zero attached hydrogens (tertiary/aromatic N) is 4. The minimum absolute atomic E-state index is 0.180.